The molecule has 0 amide bonds. The van der Waals surface area contributed by atoms with Gasteiger partial charge in [-0.1, -0.05) is 5.16 Å². The lowest BCUT2D eigenvalue weighted by atomic mass is 10.2. The van der Waals surface area contributed by atoms with Crippen LogP contribution in [0.15, 0.2) is 4.52 Å². The highest BCUT2D eigenvalue weighted by molar-refractivity contribution is 4.86. The van der Waals surface area contributed by atoms with Gasteiger partial charge in [-0.2, -0.15) is 4.98 Å². The molecular weight excluding hydrogens is 180 g/mol. The summed E-state index contributed by atoms with van der Waals surface area (Å²) in [7, 11) is 2.10. The third-order valence-corrected chi connectivity index (χ3v) is 2.62. The molecule has 5 nitrogen and oxygen atoms in total. The van der Waals surface area contributed by atoms with E-state index in [0.717, 1.165) is 25.5 Å². The van der Waals surface area contributed by atoms with Gasteiger partial charge in [0, 0.05) is 19.5 Å². The maximum Gasteiger partial charge on any atom is 0.223 e. The molecule has 1 aliphatic rings. The summed E-state index contributed by atoms with van der Waals surface area (Å²) < 4.78 is 4.92. The summed E-state index contributed by atoms with van der Waals surface area (Å²) in [6, 6.07) is 0.605. The number of likely N-dealkylation sites (N-methyl/N-ethyl adjacent to an activating group) is 1. The number of nitrogens with one attached hydrogen (secondary N) is 1. The van der Waals surface area contributed by atoms with Crippen molar-refractivity contribution in [1.82, 2.24) is 20.4 Å². The van der Waals surface area contributed by atoms with Crippen molar-refractivity contribution in [2.45, 2.75) is 25.9 Å². The van der Waals surface area contributed by atoms with Gasteiger partial charge in [-0.05, 0) is 20.0 Å². The van der Waals surface area contributed by atoms with Crippen LogP contribution in [-0.4, -0.2) is 41.2 Å². The fraction of sp³-hybridized carbons (Fsp3) is 0.778. The van der Waals surface area contributed by atoms with Crippen LogP contribution in [0.3, 0.4) is 0 Å². The predicted octanol–water partition coefficient (Wildman–Crippen LogP) is 0.172. The molecule has 14 heavy (non-hydrogen) atoms. The van der Waals surface area contributed by atoms with Crippen LogP contribution in [-0.2, 0) is 6.54 Å². The third kappa shape index (κ3) is 2.10. The van der Waals surface area contributed by atoms with Gasteiger partial charge < -0.3 is 9.84 Å². The largest absolute Gasteiger partial charge is 0.340 e. The van der Waals surface area contributed by atoms with Crippen LogP contribution in [0.5, 0.6) is 0 Å². The molecule has 1 atom stereocenters. The maximum absolute atomic E-state index is 4.92. The Morgan fingerprint density at radius 3 is 3.07 bits per heavy atom. The second kappa shape index (κ2) is 4.06. The van der Waals surface area contributed by atoms with Gasteiger partial charge in [0.05, 0.1) is 6.54 Å². The Bertz CT molecular complexity index is 293. The summed E-state index contributed by atoms with van der Waals surface area (Å²) in [5, 5.41) is 7.22. The molecule has 1 N–H and O–H groups in total. The molecule has 78 valence electrons. The topological polar surface area (TPSA) is 54.2 Å². The molecule has 0 aliphatic carbocycles. The predicted molar refractivity (Wildman–Crippen MR) is 51.8 cm³/mol. The second-order valence-electron chi connectivity index (χ2n) is 3.79. The first kappa shape index (κ1) is 9.61. The van der Waals surface area contributed by atoms with Crippen LogP contribution < -0.4 is 5.32 Å². The first-order valence-corrected chi connectivity index (χ1v) is 4.96. The highest BCUT2D eigenvalue weighted by Crippen LogP contribution is 2.09. The van der Waals surface area contributed by atoms with Crippen LogP contribution in [0.2, 0.25) is 0 Å². The average Bonchev–Trinajstić information content (AvgIpc) is 2.75. The maximum atomic E-state index is 4.92. The minimum atomic E-state index is 0.605. The number of hydrogen-bond acceptors (Lipinski definition) is 5. The molecule has 0 aromatic carbocycles. The van der Waals surface area contributed by atoms with Crippen molar-refractivity contribution in [2.24, 2.45) is 0 Å². The third-order valence-electron chi connectivity index (χ3n) is 2.62. The molecule has 2 heterocycles. The molecule has 0 unspecified atom stereocenters. The van der Waals surface area contributed by atoms with Gasteiger partial charge in [0.2, 0.25) is 5.89 Å². The summed E-state index contributed by atoms with van der Waals surface area (Å²) in [6.45, 7) is 4.75. The van der Waals surface area contributed by atoms with Crippen molar-refractivity contribution in [3.05, 3.63) is 11.7 Å². The van der Waals surface area contributed by atoms with Crippen LogP contribution in [0.4, 0.5) is 0 Å². The molecule has 5 heteroatoms. The van der Waals surface area contributed by atoms with Crippen molar-refractivity contribution in [3.63, 3.8) is 0 Å². The zero-order valence-electron chi connectivity index (χ0n) is 8.66. The van der Waals surface area contributed by atoms with Crippen LogP contribution in [0.25, 0.3) is 0 Å². The molecule has 0 saturated carbocycles. The summed E-state index contributed by atoms with van der Waals surface area (Å²) in [5.41, 5.74) is 0. The second-order valence-corrected chi connectivity index (χ2v) is 3.79. The lowest BCUT2D eigenvalue weighted by Gasteiger charge is -2.21. The SMILES string of the molecule is Cc1nc(CN(C)[C@H]2CCNC2)no1. The summed E-state index contributed by atoms with van der Waals surface area (Å²) in [4.78, 5) is 6.45. The van der Waals surface area contributed by atoms with E-state index < -0.39 is 0 Å². The van der Waals surface area contributed by atoms with Gasteiger partial charge >= 0.3 is 0 Å². The number of aromatic nitrogens is 2. The van der Waals surface area contributed by atoms with Gasteiger partial charge in [0.25, 0.3) is 0 Å². The molecule has 1 aliphatic heterocycles. The van der Waals surface area contributed by atoms with Gasteiger partial charge in [-0.25, -0.2) is 0 Å². The van der Waals surface area contributed by atoms with E-state index in [9.17, 15) is 0 Å². The Labute approximate surface area is 83.5 Å². The number of nitrogens with zero attached hydrogens (tertiary/aromatic N) is 3. The van der Waals surface area contributed by atoms with Crippen LogP contribution >= 0.6 is 0 Å². The van der Waals surface area contributed by atoms with Crippen molar-refractivity contribution >= 4 is 0 Å². The van der Waals surface area contributed by atoms with Gasteiger partial charge in [0.15, 0.2) is 5.82 Å². The zero-order valence-corrected chi connectivity index (χ0v) is 8.66. The Morgan fingerprint density at radius 2 is 2.50 bits per heavy atom. The molecule has 1 fully saturated rings. The first-order valence-electron chi connectivity index (χ1n) is 4.96. The summed E-state index contributed by atoms with van der Waals surface area (Å²) in [5.74, 6) is 1.41. The molecule has 1 aromatic rings. The highest BCUT2D eigenvalue weighted by Gasteiger charge is 2.20. The average molecular weight is 196 g/mol. The fourth-order valence-corrected chi connectivity index (χ4v) is 1.77. The van der Waals surface area contributed by atoms with Crippen molar-refractivity contribution in [1.29, 1.82) is 0 Å². The fourth-order valence-electron chi connectivity index (χ4n) is 1.77. The van der Waals surface area contributed by atoms with E-state index in [-0.39, 0.29) is 0 Å². The first-order chi connectivity index (χ1) is 6.75. The van der Waals surface area contributed by atoms with E-state index in [4.69, 9.17) is 4.52 Å². The van der Waals surface area contributed by atoms with Gasteiger partial charge in [0.1, 0.15) is 0 Å². The Kier molecular flexibility index (Phi) is 2.79. The molecule has 0 bridgehead atoms. The highest BCUT2D eigenvalue weighted by atomic mass is 16.5. The molecule has 0 radical (unpaired) electrons. The minimum absolute atomic E-state index is 0.605. The lowest BCUT2D eigenvalue weighted by molar-refractivity contribution is 0.239. The smallest absolute Gasteiger partial charge is 0.223 e. The normalized spacial score (nSPS) is 22.1. The molecule has 2 rings (SSSR count). The molecule has 1 saturated heterocycles. The Hall–Kier alpha value is -0.940. The zero-order chi connectivity index (χ0) is 9.97. The monoisotopic (exact) mass is 196 g/mol. The molecular formula is C9H16N4O. The van der Waals surface area contributed by atoms with Crippen molar-refractivity contribution < 1.29 is 4.52 Å². The van der Waals surface area contributed by atoms with E-state index >= 15 is 0 Å². The van der Waals surface area contributed by atoms with Crippen molar-refractivity contribution in [3.8, 4) is 0 Å². The van der Waals surface area contributed by atoms with E-state index in [2.05, 4.69) is 27.4 Å². The van der Waals surface area contributed by atoms with E-state index in [1.165, 1.54) is 6.42 Å². The number of hydrogen-bond donors (Lipinski definition) is 1. The van der Waals surface area contributed by atoms with Gasteiger partial charge in [-0.15, -0.1) is 0 Å². The quantitative estimate of drug-likeness (QED) is 0.747. The Morgan fingerprint density at radius 1 is 1.64 bits per heavy atom. The van der Waals surface area contributed by atoms with Crippen LogP contribution in [0, 0.1) is 6.92 Å². The van der Waals surface area contributed by atoms with E-state index in [0.29, 0.717) is 11.9 Å². The molecule has 1 aromatic heterocycles. The lowest BCUT2D eigenvalue weighted by Crippen LogP contribution is -2.33. The Balaban J connectivity index is 1.90. The van der Waals surface area contributed by atoms with Crippen LogP contribution in [0.1, 0.15) is 18.1 Å². The standard InChI is InChI=1S/C9H16N4O/c1-7-11-9(12-14-7)6-13(2)8-3-4-10-5-8/h8,10H,3-6H2,1-2H3/t8-/m0/s1. The summed E-state index contributed by atoms with van der Waals surface area (Å²) in [6.07, 6.45) is 1.20. The van der Waals surface area contributed by atoms with Crippen molar-refractivity contribution in [2.75, 3.05) is 20.1 Å². The number of aryl methyl sites for hydroxylation is 1. The summed E-state index contributed by atoms with van der Waals surface area (Å²) >= 11 is 0. The van der Waals surface area contributed by atoms with E-state index in [1.54, 1.807) is 0 Å². The number of rotatable bonds is 3. The minimum Gasteiger partial charge on any atom is -0.340 e. The van der Waals surface area contributed by atoms with E-state index in [1.807, 2.05) is 6.92 Å². The van der Waals surface area contributed by atoms with Gasteiger partial charge in [-0.3, -0.25) is 4.90 Å². The molecule has 0 spiro atoms.